The van der Waals surface area contributed by atoms with E-state index < -0.39 is 0 Å². The van der Waals surface area contributed by atoms with Gasteiger partial charge in [0.05, 0.1) is 17.2 Å². The van der Waals surface area contributed by atoms with Crippen molar-refractivity contribution in [1.29, 1.82) is 0 Å². The molecular formula is C11H19N3S. The standard InChI is InChI=1S/C11H19N3S/c1-9(11-7-15-8-13-11)14-4-2-10(6-12)3-5-14/h7-10H,2-6,12H2,1H3. The summed E-state index contributed by atoms with van der Waals surface area (Å²) in [6.07, 6.45) is 2.48. The van der Waals surface area contributed by atoms with Crippen LogP contribution in [0.1, 0.15) is 31.5 Å². The maximum atomic E-state index is 5.69. The minimum atomic E-state index is 0.468. The first kappa shape index (κ1) is 11.0. The van der Waals surface area contributed by atoms with E-state index in [1.165, 1.54) is 31.6 Å². The van der Waals surface area contributed by atoms with Gasteiger partial charge in [-0.2, -0.15) is 0 Å². The lowest BCUT2D eigenvalue weighted by Gasteiger charge is -2.34. The van der Waals surface area contributed by atoms with Gasteiger partial charge in [0.1, 0.15) is 0 Å². The second-order valence-electron chi connectivity index (χ2n) is 4.30. The molecule has 3 nitrogen and oxygen atoms in total. The van der Waals surface area contributed by atoms with Crippen LogP contribution in [0.5, 0.6) is 0 Å². The van der Waals surface area contributed by atoms with Gasteiger partial charge in [-0.25, -0.2) is 4.98 Å². The van der Waals surface area contributed by atoms with Crippen molar-refractivity contribution in [2.45, 2.75) is 25.8 Å². The van der Waals surface area contributed by atoms with Gasteiger partial charge in [0, 0.05) is 5.38 Å². The van der Waals surface area contributed by atoms with Crippen LogP contribution in [-0.2, 0) is 0 Å². The Balaban J connectivity index is 1.90. The fourth-order valence-electron chi connectivity index (χ4n) is 2.19. The molecule has 1 aromatic heterocycles. The number of nitrogens with zero attached hydrogens (tertiary/aromatic N) is 2. The molecule has 2 N–H and O–H groups in total. The molecule has 0 amide bonds. The number of hydrogen-bond acceptors (Lipinski definition) is 4. The monoisotopic (exact) mass is 225 g/mol. The molecule has 1 aromatic rings. The third-order valence-electron chi connectivity index (χ3n) is 3.41. The average molecular weight is 225 g/mol. The summed E-state index contributed by atoms with van der Waals surface area (Å²) in [4.78, 5) is 6.90. The molecule has 1 saturated heterocycles. The Bertz CT molecular complexity index is 278. The quantitative estimate of drug-likeness (QED) is 0.854. The number of hydrogen-bond donors (Lipinski definition) is 1. The number of rotatable bonds is 3. The highest BCUT2D eigenvalue weighted by atomic mass is 32.1. The van der Waals surface area contributed by atoms with Crippen molar-refractivity contribution in [3.63, 3.8) is 0 Å². The van der Waals surface area contributed by atoms with Gasteiger partial charge in [0.25, 0.3) is 0 Å². The molecule has 1 fully saturated rings. The van der Waals surface area contributed by atoms with Crippen LogP contribution < -0.4 is 5.73 Å². The topological polar surface area (TPSA) is 42.2 Å². The molecule has 4 heteroatoms. The maximum Gasteiger partial charge on any atom is 0.0795 e. The molecule has 2 heterocycles. The maximum absolute atomic E-state index is 5.69. The van der Waals surface area contributed by atoms with Crippen molar-refractivity contribution in [2.75, 3.05) is 19.6 Å². The zero-order chi connectivity index (χ0) is 10.7. The van der Waals surface area contributed by atoms with Gasteiger partial charge in [0.15, 0.2) is 0 Å². The molecule has 0 radical (unpaired) electrons. The van der Waals surface area contributed by atoms with Gasteiger partial charge in [0.2, 0.25) is 0 Å². The Labute approximate surface area is 95.3 Å². The molecular weight excluding hydrogens is 206 g/mol. The summed E-state index contributed by atoms with van der Waals surface area (Å²) in [6, 6.07) is 0.468. The summed E-state index contributed by atoms with van der Waals surface area (Å²) in [5.74, 6) is 0.740. The lowest BCUT2D eigenvalue weighted by Crippen LogP contribution is -2.37. The van der Waals surface area contributed by atoms with Crippen LogP contribution in [0.4, 0.5) is 0 Å². The van der Waals surface area contributed by atoms with E-state index >= 15 is 0 Å². The van der Waals surface area contributed by atoms with Gasteiger partial charge < -0.3 is 5.73 Å². The molecule has 2 rings (SSSR count). The van der Waals surface area contributed by atoms with Crippen molar-refractivity contribution >= 4 is 11.3 Å². The van der Waals surface area contributed by atoms with Crippen LogP contribution in [-0.4, -0.2) is 29.5 Å². The van der Waals surface area contributed by atoms with Crippen LogP contribution in [0, 0.1) is 5.92 Å². The molecule has 1 aliphatic rings. The summed E-state index contributed by atoms with van der Waals surface area (Å²) < 4.78 is 0. The van der Waals surface area contributed by atoms with Crippen LogP contribution in [0.2, 0.25) is 0 Å². The first-order valence-electron chi connectivity index (χ1n) is 5.63. The van der Waals surface area contributed by atoms with Crippen LogP contribution in [0.15, 0.2) is 10.9 Å². The van der Waals surface area contributed by atoms with E-state index in [0.717, 1.165) is 12.5 Å². The molecule has 15 heavy (non-hydrogen) atoms. The normalized spacial score (nSPS) is 21.7. The largest absolute Gasteiger partial charge is 0.330 e. The molecule has 84 valence electrons. The van der Waals surface area contributed by atoms with Crippen LogP contribution >= 0.6 is 11.3 Å². The molecule has 0 aliphatic carbocycles. The van der Waals surface area contributed by atoms with Gasteiger partial charge in [-0.05, 0) is 45.3 Å². The van der Waals surface area contributed by atoms with Crippen molar-refractivity contribution in [3.8, 4) is 0 Å². The predicted octanol–water partition coefficient (Wildman–Crippen LogP) is 1.87. The van der Waals surface area contributed by atoms with Gasteiger partial charge in [-0.1, -0.05) is 0 Å². The number of likely N-dealkylation sites (tertiary alicyclic amines) is 1. The van der Waals surface area contributed by atoms with E-state index in [4.69, 9.17) is 5.73 Å². The summed E-state index contributed by atoms with van der Waals surface area (Å²) in [7, 11) is 0. The lowest BCUT2D eigenvalue weighted by atomic mass is 9.96. The van der Waals surface area contributed by atoms with E-state index in [1.54, 1.807) is 11.3 Å². The smallest absolute Gasteiger partial charge is 0.0795 e. The second-order valence-corrected chi connectivity index (χ2v) is 5.02. The Morgan fingerprint density at radius 3 is 2.87 bits per heavy atom. The van der Waals surface area contributed by atoms with Gasteiger partial charge in [-0.15, -0.1) is 11.3 Å². The second kappa shape index (κ2) is 5.05. The Kier molecular flexibility index (Phi) is 3.72. The highest BCUT2D eigenvalue weighted by Gasteiger charge is 2.23. The molecule has 1 aliphatic heterocycles. The van der Waals surface area contributed by atoms with Gasteiger partial charge in [-0.3, -0.25) is 4.90 Å². The summed E-state index contributed by atoms with van der Waals surface area (Å²) in [5, 5.41) is 2.15. The third kappa shape index (κ3) is 2.56. The highest BCUT2D eigenvalue weighted by Crippen LogP contribution is 2.25. The first-order chi connectivity index (χ1) is 7.31. The van der Waals surface area contributed by atoms with Crippen molar-refractivity contribution in [3.05, 3.63) is 16.6 Å². The number of thiazole rings is 1. The zero-order valence-corrected chi connectivity index (χ0v) is 10.0. The summed E-state index contributed by atoms with van der Waals surface area (Å²) >= 11 is 1.68. The van der Waals surface area contributed by atoms with Crippen LogP contribution in [0.25, 0.3) is 0 Å². The SMILES string of the molecule is CC(c1cscn1)N1CCC(CN)CC1. The molecule has 1 unspecified atom stereocenters. The summed E-state index contributed by atoms with van der Waals surface area (Å²) in [5.41, 5.74) is 8.82. The lowest BCUT2D eigenvalue weighted by molar-refractivity contribution is 0.142. The molecule has 0 saturated carbocycles. The third-order valence-corrected chi connectivity index (χ3v) is 4.01. The fraction of sp³-hybridized carbons (Fsp3) is 0.727. The Morgan fingerprint density at radius 2 is 2.33 bits per heavy atom. The average Bonchev–Trinajstić information content (AvgIpc) is 2.82. The van der Waals surface area contributed by atoms with E-state index in [-0.39, 0.29) is 0 Å². The van der Waals surface area contributed by atoms with E-state index in [0.29, 0.717) is 6.04 Å². The van der Waals surface area contributed by atoms with Crippen molar-refractivity contribution in [1.82, 2.24) is 9.88 Å². The predicted molar refractivity (Wildman–Crippen MR) is 63.9 cm³/mol. The number of nitrogens with two attached hydrogens (primary N) is 1. The minimum Gasteiger partial charge on any atom is -0.330 e. The Morgan fingerprint density at radius 1 is 1.60 bits per heavy atom. The molecule has 0 aromatic carbocycles. The fourth-order valence-corrected chi connectivity index (χ4v) is 2.83. The van der Waals surface area contributed by atoms with Gasteiger partial charge >= 0.3 is 0 Å². The van der Waals surface area contributed by atoms with E-state index in [2.05, 4.69) is 22.2 Å². The van der Waals surface area contributed by atoms with E-state index in [1.807, 2.05) is 5.51 Å². The number of aromatic nitrogens is 1. The number of piperidine rings is 1. The summed E-state index contributed by atoms with van der Waals surface area (Å²) in [6.45, 7) is 5.43. The highest BCUT2D eigenvalue weighted by molar-refractivity contribution is 7.07. The molecule has 0 bridgehead atoms. The first-order valence-corrected chi connectivity index (χ1v) is 6.57. The van der Waals surface area contributed by atoms with Crippen molar-refractivity contribution < 1.29 is 0 Å². The molecule has 1 atom stereocenters. The minimum absolute atomic E-state index is 0.468. The molecule has 0 spiro atoms. The van der Waals surface area contributed by atoms with Crippen molar-refractivity contribution in [2.24, 2.45) is 11.7 Å². The van der Waals surface area contributed by atoms with Crippen LogP contribution in [0.3, 0.4) is 0 Å². The van der Waals surface area contributed by atoms with E-state index in [9.17, 15) is 0 Å². The zero-order valence-electron chi connectivity index (χ0n) is 9.22. The Hall–Kier alpha value is -0.450.